The lowest BCUT2D eigenvalue weighted by Gasteiger charge is -2.33. The van der Waals surface area contributed by atoms with Crippen molar-refractivity contribution in [1.82, 2.24) is 10.2 Å². The van der Waals surface area contributed by atoms with Crippen molar-refractivity contribution in [3.63, 3.8) is 0 Å². The molecular formula is C16H23N3O. The van der Waals surface area contributed by atoms with Gasteiger partial charge in [0.25, 0.3) is 0 Å². The van der Waals surface area contributed by atoms with Gasteiger partial charge in [-0.25, -0.2) is 0 Å². The van der Waals surface area contributed by atoms with E-state index in [4.69, 9.17) is 0 Å². The van der Waals surface area contributed by atoms with E-state index in [-0.39, 0.29) is 5.91 Å². The van der Waals surface area contributed by atoms with Crippen LogP contribution in [0.4, 0.5) is 5.69 Å². The maximum absolute atomic E-state index is 12.0. The molecule has 1 amide bonds. The summed E-state index contributed by atoms with van der Waals surface area (Å²) in [6.07, 6.45) is 0. The van der Waals surface area contributed by atoms with Gasteiger partial charge in [0.05, 0.1) is 5.41 Å². The van der Waals surface area contributed by atoms with E-state index in [1.807, 2.05) is 13.8 Å². The highest BCUT2D eigenvalue weighted by Crippen LogP contribution is 2.39. The summed E-state index contributed by atoms with van der Waals surface area (Å²) in [5.74, 6) is 0.0967. The zero-order chi connectivity index (χ0) is 14.3. The van der Waals surface area contributed by atoms with Crippen molar-refractivity contribution in [3.05, 3.63) is 29.3 Å². The molecular weight excluding hydrogens is 250 g/mol. The van der Waals surface area contributed by atoms with Crippen molar-refractivity contribution in [1.29, 1.82) is 0 Å². The molecule has 2 aliphatic rings. The van der Waals surface area contributed by atoms with Crippen LogP contribution in [0.25, 0.3) is 0 Å². The minimum atomic E-state index is -0.422. The van der Waals surface area contributed by atoms with Crippen molar-refractivity contribution in [2.24, 2.45) is 0 Å². The highest BCUT2D eigenvalue weighted by atomic mass is 16.2. The van der Waals surface area contributed by atoms with Crippen LogP contribution >= 0.6 is 0 Å². The first kappa shape index (κ1) is 13.6. The third kappa shape index (κ3) is 2.13. The number of nitrogens with zero attached hydrogens (tertiary/aromatic N) is 1. The Morgan fingerprint density at radius 1 is 1.25 bits per heavy atom. The number of hydrogen-bond donors (Lipinski definition) is 2. The van der Waals surface area contributed by atoms with Gasteiger partial charge in [0.1, 0.15) is 0 Å². The van der Waals surface area contributed by atoms with Crippen LogP contribution in [0.2, 0.25) is 0 Å². The number of hydrogen-bond acceptors (Lipinski definition) is 3. The van der Waals surface area contributed by atoms with Crippen LogP contribution in [0.5, 0.6) is 0 Å². The van der Waals surface area contributed by atoms with E-state index in [9.17, 15) is 4.79 Å². The number of amides is 1. The fraction of sp³-hybridized carbons (Fsp3) is 0.562. The first-order valence-corrected chi connectivity index (χ1v) is 7.41. The molecule has 0 aliphatic carbocycles. The van der Waals surface area contributed by atoms with Crippen LogP contribution in [0, 0.1) is 0 Å². The van der Waals surface area contributed by atoms with Gasteiger partial charge in [0, 0.05) is 37.9 Å². The van der Waals surface area contributed by atoms with Crippen LogP contribution < -0.4 is 10.6 Å². The number of benzene rings is 1. The van der Waals surface area contributed by atoms with E-state index < -0.39 is 5.41 Å². The first-order valence-electron chi connectivity index (χ1n) is 7.41. The van der Waals surface area contributed by atoms with E-state index in [0.29, 0.717) is 6.04 Å². The standard InChI is InChI=1S/C16H23N3O/c1-11(19-8-6-17-7-9-19)12-4-5-14-13(10-12)16(2,3)15(20)18-14/h4-5,10-11,17H,6-9H2,1-3H3,(H,18,20). The van der Waals surface area contributed by atoms with Crippen molar-refractivity contribution in [2.45, 2.75) is 32.2 Å². The molecule has 0 aromatic heterocycles. The predicted molar refractivity (Wildman–Crippen MR) is 81.0 cm³/mol. The maximum atomic E-state index is 12.0. The second kappa shape index (κ2) is 4.86. The number of carbonyl (C=O) groups is 1. The summed E-state index contributed by atoms with van der Waals surface area (Å²) < 4.78 is 0. The molecule has 1 aromatic carbocycles. The average molecular weight is 273 g/mol. The number of anilines is 1. The summed E-state index contributed by atoms with van der Waals surface area (Å²) in [4.78, 5) is 14.5. The molecule has 2 heterocycles. The number of carbonyl (C=O) groups excluding carboxylic acids is 1. The molecule has 1 saturated heterocycles. The summed E-state index contributed by atoms with van der Waals surface area (Å²) in [6, 6.07) is 6.80. The zero-order valence-electron chi connectivity index (χ0n) is 12.5. The van der Waals surface area contributed by atoms with Crippen LogP contribution in [0.1, 0.15) is 37.9 Å². The summed E-state index contributed by atoms with van der Waals surface area (Å²) in [5.41, 5.74) is 2.97. The summed E-state index contributed by atoms with van der Waals surface area (Å²) in [5, 5.41) is 6.36. The molecule has 1 atom stereocenters. The Kier molecular flexibility index (Phi) is 3.30. The molecule has 108 valence electrons. The molecule has 20 heavy (non-hydrogen) atoms. The molecule has 0 spiro atoms. The Bertz CT molecular complexity index is 533. The Morgan fingerprint density at radius 3 is 2.65 bits per heavy atom. The number of nitrogens with one attached hydrogen (secondary N) is 2. The lowest BCUT2D eigenvalue weighted by molar-refractivity contribution is -0.119. The van der Waals surface area contributed by atoms with E-state index in [0.717, 1.165) is 37.4 Å². The van der Waals surface area contributed by atoms with Gasteiger partial charge in [-0.1, -0.05) is 12.1 Å². The maximum Gasteiger partial charge on any atom is 0.234 e. The van der Waals surface area contributed by atoms with Crippen LogP contribution in [-0.2, 0) is 10.2 Å². The second-order valence-electron chi connectivity index (χ2n) is 6.35. The molecule has 1 fully saturated rings. The predicted octanol–water partition coefficient (Wildman–Crippen LogP) is 1.88. The van der Waals surface area contributed by atoms with Crippen LogP contribution in [-0.4, -0.2) is 37.0 Å². The van der Waals surface area contributed by atoms with Crippen molar-refractivity contribution in [3.8, 4) is 0 Å². The SMILES string of the molecule is CC(c1ccc2c(c1)C(C)(C)C(=O)N2)N1CCNCC1. The minimum absolute atomic E-state index is 0.0967. The van der Waals surface area contributed by atoms with Gasteiger partial charge in [-0.05, 0) is 38.0 Å². The third-order valence-corrected chi connectivity index (χ3v) is 4.71. The van der Waals surface area contributed by atoms with Crippen molar-refractivity contribution < 1.29 is 4.79 Å². The lowest BCUT2D eigenvalue weighted by atomic mass is 9.84. The molecule has 4 heteroatoms. The molecule has 1 unspecified atom stereocenters. The van der Waals surface area contributed by atoms with Gasteiger partial charge in [-0.3, -0.25) is 9.69 Å². The lowest BCUT2D eigenvalue weighted by Crippen LogP contribution is -2.44. The number of fused-ring (bicyclic) bond motifs is 1. The van der Waals surface area contributed by atoms with Gasteiger partial charge in [0.2, 0.25) is 5.91 Å². The van der Waals surface area contributed by atoms with Gasteiger partial charge >= 0.3 is 0 Å². The molecule has 0 bridgehead atoms. The van der Waals surface area contributed by atoms with E-state index in [1.54, 1.807) is 0 Å². The van der Waals surface area contributed by atoms with Crippen LogP contribution in [0.15, 0.2) is 18.2 Å². The van der Waals surface area contributed by atoms with Gasteiger partial charge in [-0.2, -0.15) is 0 Å². The number of piperazine rings is 1. The summed E-state index contributed by atoms with van der Waals surface area (Å²) >= 11 is 0. The topological polar surface area (TPSA) is 44.4 Å². The molecule has 2 N–H and O–H groups in total. The highest BCUT2D eigenvalue weighted by Gasteiger charge is 2.38. The summed E-state index contributed by atoms with van der Waals surface area (Å²) in [7, 11) is 0. The summed E-state index contributed by atoms with van der Waals surface area (Å²) in [6.45, 7) is 10.5. The Labute approximate surface area is 120 Å². The normalized spacial score (nSPS) is 23.2. The Balaban J connectivity index is 1.89. The fourth-order valence-electron chi connectivity index (χ4n) is 3.13. The third-order valence-electron chi connectivity index (χ3n) is 4.71. The smallest absolute Gasteiger partial charge is 0.234 e. The van der Waals surface area contributed by atoms with E-state index in [2.05, 4.69) is 40.7 Å². The van der Waals surface area contributed by atoms with Gasteiger partial charge in [0.15, 0.2) is 0 Å². The number of rotatable bonds is 2. The minimum Gasteiger partial charge on any atom is -0.325 e. The molecule has 2 aliphatic heterocycles. The average Bonchev–Trinajstić information content (AvgIpc) is 2.69. The van der Waals surface area contributed by atoms with Crippen LogP contribution in [0.3, 0.4) is 0 Å². The van der Waals surface area contributed by atoms with E-state index in [1.165, 1.54) is 5.56 Å². The van der Waals surface area contributed by atoms with Crippen molar-refractivity contribution in [2.75, 3.05) is 31.5 Å². The Morgan fingerprint density at radius 2 is 1.95 bits per heavy atom. The quantitative estimate of drug-likeness (QED) is 0.865. The highest BCUT2D eigenvalue weighted by molar-refractivity contribution is 6.05. The molecule has 4 nitrogen and oxygen atoms in total. The monoisotopic (exact) mass is 273 g/mol. The molecule has 0 radical (unpaired) electrons. The van der Waals surface area contributed by atoms with E-state index >= 15 is 0 Å². The van der Waals surface area contributed by atoms with Gasteiger partial charge in [-0.15, -0.1) is 0 Å². The second-order valence-corrected chi connectivity index (χ2v) is 6.35. The van der Waals surface area contributed by atoms with Gasteiger partial charge < -0.3 is 10.6 Å². The largest absolute Gasteiger partial charge is 0.325 e. The fourth-order valence-corrected chi connectivity index (χ4v) is 3.13. The Hall–Kier alpha value is -1.39. The first-order chi connectivity index (χ1) is 9.50. The van der Waals surface area contributed by atoms with Crippen molar-refractivity contribution >= 4 is 11.6 Å². The zero-order valence-corrected chi connectivity index (χ0v) is 12.5. The molecule has 1 aromatic rings. The molecule has 0 saturated carbocycles. The molecule has 3 rings (SSSR count).